The van der Waals surface area contributed by atoms with Gasteiger partial charge in [-0.25, -0.2) is 0 Å². The fraction of sp³-hybridized carbons (Fsp3) is 0.733. The molecule has 2 heterocycles. The van der Waals surface area contributed by atoms with E-state index in [1.165, 1.54) is 6.92 Å². The Morgan fingerprint density at radius 3 is 2.75 bits per heavy atom. The standard InChI is InChI=1S/C15H22F3N3O3/c1-10-12(6-21(19-10)9-15(16,17)18)13(22)20-5-11(7-23-4)24-14(2,3)8-20/h6,11H,5,7-9H2,1-4H3. The highest BCUT2D eigenvalue weighted by Gasteiger charge is 2.37. The summed E-state index contributed by atoms with van der Waals surface area (Å²) in [5.74, 6) is -0.349. The first kappa shape index (κ1) is 18.7. The van der Waals surface area contributed by atoms with Crippen LogP contribution in [0.2, 0.25) is 0 Å². The molecule has 2 rings (SSSR count). The van der Waals surface area contributed by atoms with Gasteiger partial charge in [-0.1, -0.05) is 0 Å². The molecule has 0 saturated carbocycles. The average Bonchev–Trinajstić information content (AvgIpc) is 2.74. The molecule has 1 aromatic heterocycles. The molecule has 0 aliphatic carbocycles. The number of rotatable bonds is 4. The molecule has 1 unspecified atom stereocenters. The first-order valence-electron chi connectivity index (χ1n) is 7.57. The zero-order valence-electron chi connectivity index (χ0n) is 14.2. The maximum Gasteiger partial charge on any atom is 0.408 e. The zero-order chi connectivity index (χ0) is 18.1. The van der Waals surface area contributed by atoms with E-state index in [9.17, 15) is 18.0 Å². The lowest BCUT2D eigenvalue weighted by Gasteiger charge is -2.42. The van der Waals surface area contributed by atoms with Crippen LogP contribution < -0.4 is 0 Å². The van der Waals surface area contributed by atoms with Crippen LogP contribution in [0.5, 0.6) is 0 Å². The molecule has 1 amide bonds. The molecule has 0 bridgehead atoms. The average molecular weight is 349 g/mol. The number of ether oxygens (including phenoxy) is 2. The van der Waals surface area contributed by atoms with Gasteiger partial charge in [0, 0.05) is 26.4 Å². The summed E-state index contributed by atoms with van der Waals surface area (Å²) in [7, 11) is 1.54. The van der Waals surface area contributed by atoms with Crippen LogP contribution in [0.3, 0.4) is 0 Å². The minimum absolute atomic E-state index is 0.174. The summed E-state index contributed by atoms with van der Waals surface area (Å²) >= 11 is 0. The Morgan fingerprint density at radius 1 is 1.50 bits per heavy atom. The van der Waals surface area contributed by atoms with Crippen molar-refractivity contribution in [2.75, 3.05) is 26.8 Å². The van der Waals surface area contributed by atoms with E-state index in [1.54, 1.807) is 12.0 Å². The largest absolute Gasteiger partial charge is 0.408 e. The van der Waals surface area contributed by atoms with Gasteiger partial charge in [0.2, 0.25) is 0 Å². The number of aryl methyl sites for hydroxylation is 1. The van der Waals surface area contributed by atoms with Crippen LogP contribution in [-0.2, 0) is 16.0 Å². The van der Waals surface area contributed by atoms with Crippen molar-refractivity contribution >= 4 is 5.91 Å². The molecule has 0 N–H and O–H groups in total. The molecule has 136 valence electrons. The van der Waals surface area contributed by atoms with Crippen molar-refractivity contribution in [2.45, 2.75) is 45.2 Å². The number of nitrogens with zero attached hydrogens (tertiary/aromatic N) is 3. The second kappa shape index (κ2) is 6.72. The molecule has 1 aliphatic heterocycles. The van der Waals surface area contributed by atoms with Crippen LogP contribution in [0.1, 0.15) is 29.9 Å². The molecule has 1 saturated heterocycles. The predicted molar refractivity (Wildman–Crippen MR) is 79.8 cm³/mol. The third kappa shape index (κ3) is 4.70. The molecule has 0 radical (unpaired) electrons. The lowest BCUT2D eigenvalue weighted by molar-refractivity contribution is -0.143. The quantitative estimate of drug-likeness (QED) is 0.835. The molecule has 6 nitrogen and oxygen atoms in total. The molecule has 0 aromatic carbocycles. The minimum atomic E-state index is -4.39. The summed E-state index contributed by atoms with van der Waals surface area (Å²) < 4.78 is 49.1. The van der Waals surface area contributed by atoms with Gasteiger partial charge in [0.15, 0.2) is 0 Å². The van der Waals surface area contributed by atoms with Crippen molar-refractivity contribution in [2.24, 2.45) is 0 Å². The maximum absolute atomic E-state index is 12.7. The van der Waals surface area contributed by atoms with Gasteiger partial charge in [0.05, 0.1) is 29.6 Å². The van der Waals surface area contributed by atoms with Crippen molar-refractivity contribution in [3.8, 4) is 0 Å². The summed E-state index contributed by atoms with van der Waals surface area (Å²) in [5, 5.41) is 3.80. The fourth-order valence-electron chi connectivity index (χ4n) is 2.89. The number of morpholine rings is 1. The Labute approximate surface area is 138 Å². The van der Waals surface area contributed by atoms with Crippen molar-refractivity contribution in [1.82, 2.24) is 14.7 Å². The second-order valence-electron chi connectivity index (χ2n) is 6.58. The maximum atomic E-state index is 12.7. The van der Waals surface area contributed by atoms with E-state index < -0.39 is 18.3 Å². The molecule has 1 fully saturated rings. The smallest absolute Gasteiger partial charge is 0.382 e. The Balaban J connectivity index is 2.18. The number of methoxy groups -OCH3 is 1. The molecule has 0 spiro atoms. The molecule has 9 heteroatoms. The van der Waals surface area contributed by atoms with E-state index in [0.717, 1.165) is 10.9 Å². The third-order valence-corrected chi connectivity index (χ3v) is 3.64. The first-order valence-corrected chi connectivity index (χ1v) is 7.57. The van der Waals surface area contributed by atoms with Crippen LogP contribution in [0.25, 0.3) is 0 Å². The fourth-order valence-corrected chi connectivity index (χ4v) is 2.89. The van der Waals surface area contributed by atoms with Crippen LogP contribution in [0, 0.1) is 6.92 Å². The summed E-state index contributed by atoms with van der Waals surface area (Å²) in [6.07, 6.45) is -3.52. The lowest BCUT2D eigenvalue weighted by atomic mass is 10.0. The number of carbonyl (C=O) groups is 1. The Kier molecular flexibility index (Phi) is 5.24. The van der Waals surface area contributed by atoms with E-state index in [4.69, 9.17) is 9.47 Å². The van der Waals surface area contributed by atoms with E-state index in [1.807, 2.05) is 13.8 Å². The van der Waals surface area contributed by atoms with Crippen LogP contribution in [0.4, 0.5) is 13.2 Å². The number of hydrogen-bond donors (Lipinski definition) is 0. The van der Waals surface area contributed by atoms with Crippen molar-refractivity contribution in [3.63, 3.8) is 0 Å². The molecule has 1 atom stereocenters. The number of aromatic nitrogens is 2. The predicted octanol–water partition coefficient (Wildman–Crippen LogP) is 2.02. The van der Waals surface area contributed by atoms with Crippen molar-refractivity contribution < 1.29 is 27.4 Å². The van der Waals surface area contributed by atoms with Gasteiger partial charge in [-0.05, 0) is 20.8 Å². The van der Waals surface area contributed by atoms with Crippen molar-refractivity contribution in [1.29, 1.82) is 0 Å². The molecule has 1 aromatic rings. The Bertz CT molecular complexity index is 599. The summed E-state index contributed by atoms with van der Waals surface area (Å²) in [5.41, 5.74) is -0.113. The van der Waals surface area contributed by atoms with E-state index in [2.05, 4.69) is 5.10 Å². The highest BCUT2D eigenvalue weighted by Crippen LogP contribution is 2.24. The van der Waals surface area contributed by atoms with E-state index >= 15 is 0 Å². The topological polar surface area (TPSA) is 56.6 Å². The highest BCUT2D eigenvalue weighted by molar-refractivity contribution is 5.95. The monoisotopic (exact) mass is 349 g/mol. The summed E-state index contributed by atoms with van der Waals surface area (Å²) in [4.78, 5) is 14.3. The van der Waals surface area contributed by atoms with Crippen LogP contribution in [-0.4, -0.2) is 65.3 Å². The normalized spacial score (nSPS) is 21.1. The number of alkyl halides is 3. The zero-order valence-corrected chi connectivity index (χ0v) is 14.2. The van der Waals surface area contributed by atoms with Gasteiger partial charge in [0.25, 0.3) is 5.91 Å². The van der Waals surface area contributed by atoms with Gasteiger partial charge in [0.1, 0.15) is 6.54 Å². The third-order valence-electron chi connectivity index (χ3n) is 3.64. The molecular weight excluding hydrogens is 327 g/mol. The number of halogens is 3. The van der Waals surface area contributed by atoms with Gasteiger partial charge >= 0.3 is 6.18 Å². The van der Waals surface area contributed by atoms with E-state index in [0.29, 0.717) is 19.7 Å². The van der Waals surface area contributed by atoms with Crippen LogP contribution in [0.15, 0.2) is 6.20 Å². The number of hydrogen-bond acceptors (Lipinski definition) is 4. The van der Waals surface area contributed by atoms with Gasteiger partial charge in [-0.2, -0.15) is 18.3 Å². The van der Waals surface area contributed by atoms with Gasteiger partial charge in [-0.15, -0.1) is 0 Å². The number of carbonyl (C=O) groups excluding carboxylic acids is 1. The van der Waals surface area contributed by atoms with Crippen LogP contribution >= 0.6 is 0 Å². The summed E-state index contributed by atoms with van der Waals surface area (Å²) in [6.45, 7) is 5.01. The summed E-state index contributed by atoms with van der Waals surface area (Å²) in [6, 6.07) is 0. The SMILES string of the molecule is COCC1CN(C(=O)c2cn(CC(F)(F)F)nc2C)CC(C)(C)O1. The molecule has 1 aliphatic rings. The Morgan fingerprint density at radius 2 is 2.17 bits per heavy atom. The van der Waals surface area contributed by atoms with Gasteiger partial charge in [-0.3, -0.25) is 9.48 Å². The second-order valence-corrected chi connectivity index (χ2v) is 6.58. The van der Waals surface area contributed by atoms with Crippen molar-refractivity contribution in [3.05, 3.63) is 17.5 Å². The lowest BCUT2D eigenvalue weighted by Crippen LogP contribution is -2.55. The molecule has 24 heavy (non-hydrogen) atoms. The van der Waals surface area contributed by atoms with E-state index in [-0.39, 0.29) is 23.3 Å². The first-order chi connectivity index (χ1) is 11.0. The van der Waals surface area contributed by atoms with Gasteiger partial charge < -0.3 is 14.4 Å². The minimum Gasteiger partial charge on any atom is -0.382 e. The highest BCUT2D eigenvalue weighted by atomic mass is 19.4. The number of amides is 1. The molecular formula is C15H22F3N3O3. The Hall–Kier alpha value is -1.61.